The van der Waals surface area contributed by atoms with Gasteiger partial charge in [0.1, 0.15) is 5.75 Å². The number of hydrogen-bond donors (Lipinski definition) is 1. The van der Waals surface area contributed by atoms with Gasteiger partial charge in [-0.3, -0.25) is 5.43 Å². The molecular weight excluding hydrogens is 300 g/mol. The molecule has 5 nitrogen and oxygen atoms in total. The Kier molecular flexibility index (Phi) is 5.35. The topological polar surface area (TPSA) is 59.4 Å². The summed E-state index contributed by atoms with van der Waals surface area (Å²) in [4.78, 5) is 0. The van der Waals surface area contributed by atoms with Gasteiger partial charge in [0, 0.05) is 10.8 Å². The van der Waals surface area contributed by atoms with Gasteiger partial charge in [-0.1, -0.05) is 37.6 Å². The summed E-state index contributed by atoms with van der Waals surface area (Å²) in [5.74, 6) is 1.53. The Bertz CT molecular complexity index is 810. The van der Waals surface area contributed by atoms with Gasteiger partial charge < -0.3 is 4.74 Å². The first-order chi connectivity index (χ1) is 11.9. The number of unbranched alkanes of at least 4 members (excludes halogenated alkanes) is 1. The monoisotopic (exact) mass is 320 g/mol. The predicted octanol–water partition coefficient (Wildman–Crippen LogP) is 4.25. The zero-order valence-corrected chi connectivity index (χ0v) is 13.6. The molecule has 0 saturated carbocycles. The van der Waals surface area contributed by atoms with Gasteiger partial charge >= 0.3 is 0 Å². The second-order valence-corrected chi connectivity index (χ2v) is 5.42. The number of nitrogens with zero attached hydrogens (tertiary/aromatic N) is 3. The molecule has 0 saturated heterocycles. The highest BCUT2D eigenvalue weighted by molar-refractivity contribution is 5.91. The molecule has 1 N–H and O–H groups in total. The molecule has 3 rings (SSSR count). The van der Waals surface area contributed by atoms with Gasteiger partial charge in [-0.25, -0.2) is 0 Å². The van der Waals surface area contributed by atoms with Crippen molar-refractivity contribution in [2.75, 3.05) is 12.0 Å². The summed E-state index contributed by atoms with van der Waals surface area (Å²) in [7, 11) is 0. The molecule has 1 heterocycles. The smallest absolute Gasteiger partial charge is 0.176 e. The number of rotatable bonds is 7. The Morgan fingerprint density at radius 2 is 1.96 bits per heavy atom. The molecule has 0 fully saturated rings. The molecule has 0 aliphatic rings. The van der Waals surface area contributed by atoms with Gasteiger partial charge in [0.05, 0.1) is 19.0 Å². The lowest BCUT2D eigenvalue weighted by atomic mass is 10.2. The first kappa shape index (κ1) is 15.9. The van der Waals surface area contributed by atoms with E-state index in [1.165, 1.54) is 0 Å². The molecule has 0 spiro atoms. The summed E-state index contributed by atoms with van der Waals surface area (Å²) < 4.78 is 5.64. The third kappa shape index (κ3) is 4.07. The highest BCUT2D eigenvalue weighted by Crippen LogP contribution is 2.19. The van der Waals surface area contributed by atoms with Crippen LogP contribution in [0.25, 0.3) is 10.8 Å². The molecule has 0 atom stereocenters. The van der Waals surface area contributed by atoms with Gasteiger partial charge in [-0.2, -0.15) is 10.2 Å². The molecule has 3 aromatic rings. The molecule has 122 valence electrons. The number of anilines is 1. The van der Waals surface area contributed by atoms with E-state index in [1.807, 2.05) is 48.5 Å². The van der Waals surface area contributed by atoms with Crippen LogP contribution >= 0.6 is 0 Å². The van der Waals surface area contributed by atoms with Crippen LogP contribution in [0.5, 0.6) is 5.75 Å². The average Bonchev–Trinajstić information content (AvgIpc) is 2.63. The number of fused-ring (bicyclic) bond motifs is 1. The Hall–Kier alpha value is -2.95. The minimum Gasteiger partial charge on any atom is -0.494 e. The predicted molar refractivity (Wildman–Crippen MR) is 97.6 cm³/mol. The SMILES string of the molecule is CCCCOc1ccc(/C=N\Nc2nncc3ccccc23)cc1. The normalized spacial score (nSPS) is 11.0. The van der Waals surface area contributed by atoms with Crippen LogP contribution in [0.3, 0.4) is 0 Å². The van der Waals surface area contributed by atoms with E-state index in [9.17, 15) is 0 Å². The minimum absolute atomic E-state index is 0.642. The zero-order valence-electron chi connectivity index (χ0n) is 13.6. The van der Waals surface area contributed by atoms with E-state index < -0.39 is 0 Å². The third-order valence-electron chi connectivity index (χ3n) is 3.60. The van der Waals surface area contributed by atoms with Crippen molar-refractivity contribution >= 4 is 22.8 Å². The molecule has 0 aliphatic heterocycles. The van der Waals surface area contributed by atoms with Crippen molar-refractivity contribution in [3.05, 3.63) is 60.3 Å². The molecule has 0 bridgehead atoms. The Labute approximate surface area is 141 Å². The van der Waals surface area contributed by atoms with Gasteiger partial charge in [0.25, 0.3) is 0 Å². The summed E-state index contributed by atoms with van der Waals surface area (Å²) in [5.41, 5.74) is 3.94. The number of nitrogens with one attached hydrogen (secondary N) is 1. The van der Waals surface area contributed by atoms with Crippen molar-refractivity contribution in [1.82, 2.24) is 10.2 Å². The summed E-state index contributed by atoms with van der Waals surface area (Å²) in [6, 6.07) is 15.8. The summed E-state index contributed by atoms with van der Waals surface area (Å²) in [5, 5.41) is 14.3. The molecule has 5 heteroatoms. The van der Waals surface area contributed by atoms with Crippen molar-refractivity contribution < 1.29 is 4.74 Å². The molecule has 24 heavy (non-hydrogen) atoms. The van der Waals surface area contributed by atoms with Gasteiger partial charge in [-0.05, 0) is 36.2 Å². The second-order valence-electron chi connectivity index (χ2n) is 5.42. The maximum Gasteiger partial charge on any atom is 0.176 e. The summed E-state index contributed by atoms with van der Waals surface area (Å²) in [6.45, 7) is 2.90. The van der Waals surface area contributed by atoms with E-state index >= 15 is 0 Å². The van der Waals surface area contributed by atoms with Crippen LogP contribution in [-0.4, -0.2) is 23.0 Å². The zero-order chi connectivity index (χ0) is 16.6. The molecule has 0 aliphatic carbocycles. The number of benzene rings is 2. The van der Waals surface area contributed by atoms with Crippen LogP contribution < -0.4 is 10.2 Å². The van der Waals surface area contributed by atoms with Crippen molar-refractivity contribution in [2.45, 2.75) is 19.8 Å². The lowest BCUT2D eigenvalue weighted by molar-refractivity contribution is 0.309. The van der Waals surface area contributed by atoms with Crippen molar-refractivity contribution in [1.29, 1.82) is 0 Å². The van der Waals surface area contributed by atoms with E-state index in [0.717, 1.165) is 41.5 Å². The van der Waals surface area contributed by atoms with Crippen molar-refractivity contribution in [2.24, 2.45) is 5.10 Å². The van der Waals surface area contributed by atoms with Gasteiger partial charge in [0.15, 0.2) is 5.82 Å². The maximum atomic E-state index is 5.64. The third-order valence-corrected chi connectivity index (χ3v) is 3.60. The van der Waals surface area contributed by atoms with Crippen LogP contribution in [0.4, 0.5) is 5.82 Å². The summed E-state index contributed by atoms with van der Waals surface area (Å²) in [6.07, 6.45) is 5.69. The molecule has 0 radical (unpaired) electrons. The van der Waals surface area contributed by atoms with E-state index in [4.69, 9.17) is 4.74 Å². The fourth-order valence-electron chi connectivity index (χ4n) is 2.26. The number of ether oxygens (including phenoxy) is 1. The molecule has 2 aromatic carbocycles. The Morgan fingerprint density at radius 3 is 2.79 bits per heavy atom. The summed E-state index contributed by atoms with van der Waals surface area (Å²) >= 11 is 0. The van der Waals surface area contributed by atoms with Gasteiger partial charge in [0.2, 0.25) is 0 Å². The van der Waals surface area contributed by atoms with Crippen molar-refractivity contribution in [3.63, 3.8) is 0 Å². The molecular formula is C19H20N4O. The van der Waals surface area contributed by atoms with Crippen LogP contribution in [0.15, 0.2) is 59.8 Å². The fraction of sp³-hybridized carbons (Fsp3) is 0.211. The Balaban J connectivity index is 1.63. The highest BCUT2D eigenvalue weighted by Gasteiger charge is 2.00. The highest BCUT2D eigenvalue weighted by atomic mass is 16.5. The van der Waals surface area contributed by atoms with Gasteiger partial charge in [-0.15, -0.1) is 5.10 Å². The molecule has 1 aromatic heterocycles. The van der Waals surface area contributed by atoms with E-state index in [0.29, 0.717) is 5.82 Å². The molecule has 0 amide bonds. The van der Waals surface area contributed by atoms with E-state index in [1.54, 1.807) is 12.4 Å². The first-order valence-corrected chi connectivity index (χ1v) is 8.09. The number of aromatic nitrogens is 2. The van der Waals surface area contributed by atoms with Crippen LogP contribution in [0.2, 0.25) is 0 Å². The fourth-order valence-corrected chi connectivity index (χ4v) is 2.26. The number of hydrazone groups is 1. The average molecular weight is 320 g/mol. The van der Waals surface area contributed by atoms with Crippen LogP contribution in [-0.2, 0) is 0 Å². The lowest BCUT2D eigenvalue weighted by Gasteiger charge is -2.05. The minimum atomic E-state index is 0.642. The van der Waals surface area contributed by atoms with E-state index in [-0.39, 0.29) is 0 Å². The van der Waals surface area contributed by atoms with Crippen LogP contribution in [0, 0.1) is 0 Å². The second kappa shape index (κ2) is 8.06. The quantitative estimate of drug-likeness (QED) is 0.401. The standard InChI is InChI=1S/C19H20N4O/c1-2-3-12-24-17-10-8-15(9-11-17)13-20-22-19-18-7-5-4-6-16(18)14-21-23-19/h4-11,13-14H,2-3,12H2,1H3,(H,22,23)/b20-13-. The van der Waals surface area contributed by atoms with Crippen LogP contribution in [0.1, 0.15) is 25.3 Å². The molecule has 0 unspecified atom stereocenters. The van der Waals surface area contributed by atoms with E-state index in [2.05, 4.69) is 27.6 Å². The largest absolute Gasteiger partial charge is 0.494 e. The van der Waals surface area contributed by atoms with Crippen molar-refractivity contribution in [3.8, 4) is 5.75 Å². The lowest BCUT2D eigenvalue weighted by Crippen LogP contribution is -1.97. The number of hydrogen-bond acceptors (Lipinski definition) is 5. The maximum absolute atomic E-state index is 5.64. The first-order valence-electron chi connectivity index (χ1n) is 8.09. The Morgan fingerprint density at radius 1 is 1.12 bits per heavy atom.